The fraction of sp³-hybridized carbons (Fsp3) is 0.0690. The quantitative estimate of drug-likeness (QED) is 0.166. The number of carbonyl (C=O) groups excluding carboxylic acids is 2. The van der Waals surface area contributed by atoms with Gasteiger partial charge in [-0.2, -0.15) is 5.26 Å². The van der Waals surface area contributed by atoms with Crippen LogP contribution in [0.3, 0.4) is 0 Å². The second-order valence-corrected chi connectivity index (χ2v) is 7.77. The molecule has 4 rings (SSSR count). The van der Waals surface area contributed by atoms with Gasteiger partial charge in [0.1, 0.15) is 11.6 Å². The Balaban J connectivity index is 1.62. The first-order chi connectivity index (χ1) is 17.0. The second kappa shape index (κ2) is 10.4. The molecule has 0 fully saturated rings. The SMILES string of the molecule is COc1ccc(C=C(C#N)C(=O)Nc2ccccc2C)cc1OC(=O)c1cccc2ccccc12. The number of nitrogens with one attached hydrogen (secondary N) is 1. The molecule has 0 saturated heterocycles. The van der Waals surface area contributed by atoms with Gasteiger partial charge in [0, 0.05) is 5.69 Å². The van der Waals surface area contributed by atoms with Crippen LogP contribution in [0.1, 0.15) is 21.5 Å². The van der Waals surface area contributed by atoms with Crippen molar-refractivity contribution in [1.82, 2.24) is 0 Å². The minimum atomic E-state index is -0.543. The summed E-state index contributed by atoms with van der Waals surface area (Å²) in [5.41, 5.74) is 2.33. The number of hydrogen-bond donors (Lipinski definition) is 1. The van der Waals surface area contributed by atoms with Gasteiger partial charge in [-0.1, -0.05) is 60.7 Å². The van der Waals surface area contributed by atoms with Gasteiger partial charge in [0.25, 0.3) is 5.91 Å². The van der Waals surface area contributed by atoms with Gasteiger partial charge in [-0.05, 0) is 59.2 Å². The predicted molar refractivity (Wildman–Crippen MR) is 135 cm³/mol. The first-order valence-electron chi connectivity index (χ1n) is 10.9. The molecule has 6 heteroatoms. The van der Waals surface area contributed by atoms with Crippen molar-refractivity contribution in [1.29, 1.82) is 5.26 Å². The number of benzene rings is 4. The van der Waals surface area contributed by atoms with E-state index in [9.17, 15) is 14.9 Å². The number of para-hydroxylation sites is 1. The first-order valence-corrected chi connectivity index (χ1v) is 10.9. The highest BCUT2D eigenvalue weighted by Gasteiger charge is 2.16. The van der Waals surface area contributed by atoms with Crippen LogP contribution in [0.15, 0.2) is 90.5 Å². The number of esters is 1. The van der Waals surface area contributed by atoms with Crippen LogP contribution in [0.2, 0.25) is 0 Å². The average molecular weight is 463 g/mol. The Labute approximate surface area is 203 Å². The van der Waals surface area contributed by atoms with Gasteiger partial charge in [0.05, 0.1) is 12.7 Å². The largest absolute Gasteiger partial charge is 0.493 e. The molecule has 0 bridgehead atoms. The third-order valence-corrected chi connectivity index (χ3v) is 5.47. The lowest BCUT2D eigenvalue weighted by atomic mass is 10.0. The number of hydrogen-bond acceptors (Lipinski definition) is 5. The van der Waals surface area contributed by atoms with Crippen molar-refractivity contribution < 1.29 is 19.1 Å². The van der Waals surface area contributed by atoms with Crippen LogP contribution in [-0.2, 0) is 4.79 Å². The van der Waals surface area contributed by atoms with Gasteiger partial charge in [-0.25, -0.2) is 4.79 Å². The van der Waals surface area contributed by atoms with Crippen LogP contribution < -0.4 is 14.8 Å². The third kappa shape index (κ3) is 5.21. The highest BCUT2D eigenvalue weighted by Crippen LogP contribution is 2.31. The zero-order chi connectivity index (χ0) is 24.8. The van der Waals surface area contributed by atoms with E-state index in [1.807, 2.05) is 55.5 Å². The summed E-state index contributed by atoms with van der Waals surface area (Å²) in [5, 5.41) is 14.0. The van der Waals surface area contributed by atoms with E-state index in [1.165, 1.54) is 13.2 Å². The molecule has 0 aromatic heterocycles. The number of rotatable bonds is 6. The Morgan fingerprint density at radius 1 is 0.914 bits per heavy atom. The lowest BCUT2D eigenvalue weighted by Gasteiger charge is -2.12. The Morgan fingerprint density at radius 2 is 1.66 bits per heavy atom. The molecular formula is C29H22N2O4. The molecule has 172 valence electrons. The fourth-order valence-electron chi connectivity index (χ4n) is 3.64. The summed E-state index contributed by atoms with van der Waals surface area (Å²) < 4.78 is 11.0. The van der Waals surface area contributed by atoms with E-state index in [2.05, 4.69) is 5.32 Å². The minimum absolute atomic E-state index is 0.0928. The molecular weight excluding hydrogens is 440 g/mol. The maximum Gasteiger partial charge on any atom is 0.344 e. The highest BCUT2D eigenvalue weighted by atomic mass is 16.6. The van der Waals surface area contributed by atoms with Gasteiger partial charge in [0.2, 0.25) is 0 Å². The topological polar surface area (TPSA) is 88.4 Å². The van der Waals surface area contributed by atoms with E-state index in [0.717, 1.165) is 16.3 Å². The van der Waals surface area contributed by atoms with Crippen molar-refractivity contribution in [2.75, 3.05) is 12.4 Å². The third-order valence-electron chi connectivity index (χ3n) is 5.47. The van der Waals surface area contributed by atoms with Gasteiger partial charge >= 0.3 is 5.97 Å². The Kier molecular flexibility index (Phi) is 6.89. The molecule has 4 aromatic rings. The van der Waals surface area contributed by atoms with Gasteiger partial charge in [-0.3, -0.25) is 4.79 Å². The van der Waals surface area contributed by atoms with Crippen LogP contribution in [0.4, 0.5) is 5.69 Å². The summed E-state index contributed by atoms with van der Waals surface area (Å²) in [6.45, 7) is 1.87. The molecule has 35 heavy (non-hydrogen) atoms. The maximum absolute atomic E-state index is 13.0. The number of anilines is 1. The molecule has 6 nitrogen and oxygen atoms in total. The summed E-state index contributed by atoms with van der Waals surface area (Å²) in [6.07, 6.45) is 1.43. The summed E-state index contributed by atoms with van der Waals surface area (Å²) >= 11 is 0. The van der Waals surface area contributed by atoms with Crippen molar-refractivity contribution in [2.45, 2.75) is 6.92 Å². The van der Waals surface area contributed by atoms with E-state index in [4.69, 9.17) is 9.47 Å². The van der Waals surface area contributed by atoms with Crippen molar-refractivity contribution in [2.24, 2.45) is 0 Å². The highest BCUT2D eigenvalue weighted by molar-refractivity contribution is 6.10. The number of nitriles is 1. The molecule has 0 aliphatic carbocycles. The van der Waals surface area contributed by atoms with Gasteiger partial charge in [0.15, 0.2) is 11.5 Å². The summed E-state index contributed by atoms with van der Waals surface area (Å²) in [4.78, 5) is 25.7. The first kappa shape index (κ1) is 23.3. The van der Waals surface area contributed by atoms with E-state index < -0.39 is 11.9 Å². The van der Waals surface area contributed by atoms with Crippen LogP contribution >= 0.6 is 0 Å². The van der Waals surface area contributed by atoms with Crippen molar-refractivity contribution >= 4 is 34.4 Å². The Morgan fingerprint density at radius 3 is 2.43 bits per heavy atom. The van der Waals surface area contributed by atoms with Crippen LogP contribution in [0.25, 0.3) is 16.8 Å². The molecule has 0 radical (unpaired) electrons. The van der Waals surface area contributed by atoms with E-state index in [0.29, 0.717) is 22.6 Å². The van der Waals surface area contributed by atoms with Crippen LogP contribution in [0, 0.1) is 18.3 Å². The molecule has 4 aromatic carbocycles. The molecule has 0 aliphatic rings. The fourth-order valence-corrected chi connectivity index (χ4v) is 3.64. The van der Waals surface area contributed by atoms with E-state index in [1.54, 1.807) is 42.5 Å². The normalized spacial score (nSPS) is 10.9. The monoisotopic (exact) mass is 462 g/mol. The van der Waals surface area contributed by atoms with Gasteiger partial charge in [-0.15, -0.1) is 0 Å². The number of methoxy groups -OCH3 is 1. The summed E-state index contributed by atoms with van der Waals surface area (Å²) in [7, 11) is 1.47. The summed E-state index contributed by atoms with van der Waals surface area (Å²) in [6, 6.07) is 27.0. The Hall–Kier alpha value is -4.89. The molecule has 1 N–H and O–H groups in total. The molecule has 0 spiro atoms. The van der Waals surface area contributed by atoms with Gasteiger partial charge < -0.3 is 14.8 Å². The minimum Gasteiger partial charge on any atom is -0.493 e. The van der Waals surface area contributed by atoms with Crippen molar-refractivity contribution in [3.63, 3.8) is 0 Å². The Bertz CT molecular complexity index is 1490. The smallest absolute Gasteiger partial charge is 0.344 e. The zero-order valence-electron chi connectivity index (χ0n) is 19.2. The van der Waals surface area contributed by atoms with Crippen molar-refractivity contribution in [3.05, 3.63) is 107 Å². The maximum atomic E-state index is 13.0. The predicted octanol–water partition coefficient (Wildman–Crippen LogP) is 5.92. The molecule has 0 heterocycles. The lowest BCUT2D eigenvalue weighted by Crippen LogP contribution is -2.14. The molecule has 0 unspecified atom stereocenters. The number of carbonyl (C=O) groups is 2. The summed E-state index contributed by atoms with van der Waals surface area (Å²) in [5.74, 6) is -0.555. The number of ether oxygens (including phenoxy) is 2. The van der Waals surface area contributed by atoms with Crippen LogP contribution in [0.5, 0.6) is 11.5 Å². The van der Waals surface area contributed by atoms with E-state index >= 15 is 0 Å². The molecule has 0 aliphatic heterocycles. The standard InChI is InChI=1S/C29H22N2O4/c1-19-8-3-6-13-25(19)31-28(32)22(18-30)16-20-14-15-26(34-2)27(17-20)35-29(33)24-12-7-10-21-9-4-5-11-23(21)24/h3-17H,1-2H3,(H,31,32). The van der Waals surface area contributed by atoms with Crippen LogP contribution in [-0.4, -0.2) is 19.0 Å². The number of amides is 1. The molecule has 0 atom stereocenters. The average Bonchev–Trinajstić information content (AvgIpc) is 2.88. The number of nitrogens with zero attached hydrogens (tertiary/aromatic N) is 1. The lowest BCUT2D eigenvalue weighted by molar-refractivity contribution is -0.112. The second-order valence-electron chi connectivity index (χ2n) is 7.77. The molecule has 1 amide bonds. The zero-order valence-corrected chi connectivity index (χ0v) is 19.2. The van der Waals surface area contributed by atoms with Crippen molar-refractivity contribution in [3.8, 4) is 17.6 Å². The number of fused-ring (bicyclic) bond motifs is 1. The number of aryl methyl sites for hydroxylation is 1. The molecule has 0 saturated carbocycles. The van der Waals surface area contributed by atoms with E-state index in [-0.39, 0.29) is 11.3 Å².